The van der Waals surface area contributed by atoms with Crippen LogP contribution in [0.15, 0.2) is 35.0 Å². The molecule has 0 spiro atoms. The number of amides is 2. The molecule has 30 heavy (non-hydrogen) atoms. The summed E-state index contributed by atoms with van der Waals surface area (Å²) in [6.07, 6.45) is 3.56. The highest BCUT2D eigenvalue weighted by molar-refractivity contribution is 7.88. The van der Waals surface area contributed by atoms with Crippen LogP contribution in [0.5, 0.6) is 0 Å². The van der Waals surface area contributed by atoms with Crippen LogP contribution in [0.3, 0.4) is 0 Å². The zero-order valence-corrected chi connectivity index (χ0v) is 16.9. The maximum absolute atomic E-state index is 12.6. The van der Waals surface area contributed by atoms with Crippen molar-refractivity contribution in [3.8, 4) is 0 Å². The highest BCUT2D eigenvalue weighted by Crippen LogP contribution is 2.21. The van der Waals surface area contributed by atoms with Crippen molar-refractivity contribution in [2.75, 3.05) is 24.7 Å². The first-order valence-electron chi connectivity index (χ1n) is 9.28. The third-order valence-electron chi connectivity index (χ3n) is 4.95. The van der Waals surface area contributed by atoms with E-state index >= 15 is 0 Å². The van der Waals surface area contributed by atoms with E-state index < -0.39 is 21.8 Å². The minimum Gasteiger partial charge on any atom is -0.350 e. The second kappa shape index (κ2) is 7.88. The summed E-state index contributed by atoms with van der Waals surface area (Å²) in [7, 11) is -3.24. The molecule has 1 aromatic carbocycles. The molecular formula is C18H20N6O5S. The number of piperidine rings is 1. The van der Waals surface area contributed by atoms with Gasteiger partial charge in [0.2, 0.25) is 15.8 Å². The Balaban J connectivity index is 1.42. The van der Waals surface area contributed by atoms with Gasteiger partial charge in [0.05, 0.1) is 17.3 Å². The van der Waals surface area contributed by atoms with Gasteiger partial charge in [-0.3, -0.25) is 14.7 Å². The van der Waals surface area contributed by atoms with Gasteiger partial charge in [-0.25, -0.2) is 12.7 Å². The first kappa shape index (κ1) is 20.0. The zero-order valence-electron chi connectivity index (χ0n) is 16.1. The Morgan fingerprint density at radius 1 is 1.20 bits per heavy atom. The molecule has 0 radical (unpaired) electrons. The van der Waals surface area contributed by atoms with Crippen molar-refractivity contribution in [3.05, 3.63) is 41.9 Å². The molecule has 4 rings (SSSR count). The number of hydrogen-bond donors (Lipinski definition) is 3. The minimum atomic E-state index is -3.24. The fourth-order valence-corrected chi connectivity index (χ4v) is 4.25. The third kappa shape index (κ3) is 4.04. The number of rotatable bonds is 5. The van der Waals surface area contributed by atoms with Crippen LogP contribution in [-0.4, -0.2) is 65.3 Å². The number of nitrogens with one attached hydrogen (secondary N) is 3. The number of nitrogens with zero attached hydrogens (tertiary/aromatic N) is 3. The summed E-state index contributed by atoms with van der Waals surface area (Å²) in [6.45, 7) is 0.680. The molecule has 0 aliphatic carbocycles. The van der Waals surface area contributed by atoms with Crippen LogP contribution in [0.4, 0.5) is 5.69 Å². The maximum atomic E-state index is 12.6. The lowest BCUT2D eigenvalue weighted by Gasteiger charge is -2.30. The van der Waals surface area contributed by atoms with E-state index in [-0.39, 0.29) is 23.2 Å². The molecular weight excluding hydrogens is 412 g/mol. The van der Waals surface area contributed by atoms with E-state index in [1.54, 1.807) is 24.3 Å². The predicted molar refractivity (Wildman–Crippen MR) is 107 cm³/mol. The molecule has 0 atom stereocenters. The van der Waals surface area contributed by atoms with Gasteiger partial charge in [-0.05, 0) is 25.0 Å². The summed E-state index contributed by atoms with van der Waals surface area (Å²) in [6, 6.07) is 6.80. The largest absolute Gasteiger partial charge is 0.350 e. The van der Waals surface area contributed by atoms with Crippen LogP contribution in [0.25, 0.3) is 10.9 Å². The van der Waals surface area contributed by atoms with Crippen LogP contribution in [-0.2, 0) is 10.0 Å². The number of carbonyl (C=O) groups is 2. The van der Waals surface area contributed by atoms with Gasteiger partial charge in [0, 0.05) is 25.3 Å². The lowest BCUT2D eigenvalue weighted by atomic mass is 10.1. The Labute approximate surface area is 171 Å². The molecule has 2 aromatic heterocycles. The molecule has 3 aromatic rings. The molecule has 12 heteroatoms. The first-order chi connectivity index (χ1) is 14.3. The smallest absolute Gasteiger partial charge is 0.295 e. The SMILES string of the molecule is CS(=O)(=O)N1CCC(NC(=O)c2n[nH]cc2NC(=O)c2onc3ccccc23)CC1. The van der Waals surface area contributed by atoms with Crippen molar-refractivity contribution in [3.63, 3.8) is 0 Å². The molecule has 11 nitrogen and oxygen atoms in total. The number of sulfonamides is 1. The Kier molecular flexibility index (Phi) is 5.26. The van der Waals surface area contributed by atoms with Crippen molar-refractivity contribution in [1.82, 2.24) is 25.0 Å². The Bertz CT molecular complexity index is 1190. The van der Waals surface area contributed by atoms with Gasteiger partial charge >= 0.3 is 0 Å². The number of H-pyrrole nitrogens is 1. The molecule has 3 heterocycles. The van der Waals surface area contributed by atoms with Gasteiger partial charge in [-0.2, -0.15) is 5.10 Å². The summed E-state index contributed by atoms with van der Waals surface area (Å²) in [5.74, 6) is -0.987. The summed E-state index contributed by atoms with van der Waals surface area (Å²) in [5, 5.41) is 16.4. The zero-order chi connectivity index (χ0) is 21.3. The molecule has 158 valence electrons. The second-order valence-corrected chi connectivity index (χ2v) is 9.02. The highest BCUT2D eigenvalue weighted by atomic mass is 32.2. The van der Waals surface area contributed by atoms with E-state index in [4.69, 9.17) is 4.52 Å². The minimum absolute atomic E-state index is 0.0257. The van der Waals surface area contributed by atoms with Crippen LogP contribution >= 0.6 is 0 Å². The number of benzene rings is 1. The molecule has 1 aliphatic rings. The lowest BCUT2D eigenvalue weighted by Crippen LogP contribution is -2.46. The number of anilines is 1. The van der Waals surface area contributed by atoms with Gasteiger partial charge in [-0.15, -0.1) is 0 Å². The Morgan fingerprint density at radius 2 is 1.93 bits per heavy atom. The molecule has 2 amide bonds. The van der Waals surface area contributed by atoms with Gasteiger partial charge in [0.1, 0.15) is 5.52 Å². The monoisotopic (exact) mass is 432 g/mol. The van der Waals surface area contributed by atoms with Crippen LogP contribution in [0, 0.1) is 0 Å². The number of carbonyl (C=O) groups excluding carboxylic acids is 2. The Morgan fingerprint density at radius 3 is 2.67 bits per heavy atom. The van der Waals surface area contributed by atoms with Crippen molar-refractivity contribution in [2.24, 2.45) is 0 Å². The summed E-state index contributed by atoms with van der Waals surface area (Å²) < 4.78 is 29.7. The number of aromatic amines is 1. The molecule has 3 N–H and O–H groups in total. The van der Waals surface area contributed by atoms with Crippen LogP contribution in [0.2, 0.25) is 0 Å². The number of aromatic nitrogens is 3. The predicted octanol–water partition coefficient (Wildman–Crippen LogP) is 0.957. The third-order valence-corrected chi connectivity index (χ3v) is 6.26. The van der Waals surface area contributed by atoms with Gasteiger partial charge in [-0.1, -0.05) is 17.3 Å². The van der Waals surface area contributed by atoms with Crippen LogP contribution in [0.1, 0.15) is 33.9 Å². The van der Waals surface area contributed by atoms with Crippen molar-refractivity contribution in [2.45, 2.75) is 18.9 Å². The van der Waals surface area contributed by atoms with Gasteiger partial charge in [0.15, 0.2) is 5.69 Å². The lowest BCUT2D eigenvalue weighted by molar-refractivity contribution is 0.0919. The normalized spacial score (nSPS) is 15.9. The van der Waals surface area contributed by atoms with Crippen molar-refractivity contribution < 1.29 is 22.5 Å². The van der Waals surface area contributed by atoms with E-state index in [1.165, 1.54) is 16.8 Å². The summed E-state index contributed by atoms with van der Waals surface area (Å²) in [5.41, 5.74) is 0.775. The first-order valence-corrected chi connectivity index (χ1v) is 11.1. The van der Waals surface area contributed by atoms with E-state index in [0.717, 1.165) is 0 Å². The van der Waals surface area contributed by atoms with Crippen molar-refractivity contribution >= 4 is 38.4 Å². The molecule has 0 bridgehead atoms. The summed E-state index contributed by atoms with van der Waals surface area (Å²) in [4.78, 5) is 25.2. The molecule has 0 saturated carbocycles. The van der Waals surface area contributed by atoms with E-state index in [9.17, 15) is 18.0 Å². The quantitative estimate of drug-likeness (QED) is 0.543. The van der Waals surface area contributed by atoms with Gasteiger partial charge < -0.3 is 15.2 Å². The van der Waals surface area contributed by atoms with Crippen LogP contribution < -0.4 is 10.6 Å². The van der Waals surface area contributed by atoms with E-state index in [2.05, 4.69) is 26.0 Å². The van der Waals surface area contributed by atoms with E-state index in [1.807, 2.05) is 0 Å². The Hall–Kier alpha value is -3.25. The highest BCUT2D eigenvalue weighted by Gasteiger charge is 2.27. The fraction of sp³-hybridized carbons (Fsp3) is 0.333. The average molecular weight is 432 g/mol. The number of fused-ring (bicyclic) bond motifs is 1. The molecule has 1 fully saturated rings. The summed E-state index contributed by atoms with van der Waals surface area (Å²) >= 11 is 0. The molecule has 0 unspecified atom stereocenters. The average Bonchev–Trinajstić information content (AvgIpc) is 3.34. The van der Waals surface area contributed by atoms with E-state index in [0.29, 0.717) is 36.8 Å². The molecule has 1 saturated heterocycles. The topological polar surface area (TPSA) is 150 Å². The fourth-order valence-electron chi connectivity index (χ4n) is 3.38. The second-order valence-electron chi connectivity index (χ2n) is 7.04. The number of hydrogen-bond acceptors (Lipinski definition) is 7. The molecule has 1 aliphatic heterocycles. The van der Waals surface area contributed by atoms with Crippen molar-refractivity contribution in [1.29, 1.82) is 0 Å². The maximum Gasteiger partial charge on any atom is 0.295 e. The standard InChI is InChI=1S/C18H20N6O5S/c1-30(27,28)24-8-6-11(7-9-24)20-17(25)15-14(10-19-22-15)21-18(26)16-12-4-2-3-5-13(12)23-29-16/h2-5,10-11H,6-9H2,1H3,(H,19,22)(H,20,25)(H,21,26). The van der Waals surface area contributed by atoms with Gasteiger partial charge in [0.25, 0.3) is 11.8 Å².